The third-order valence-corrected chi connectivity index (χ3v) is 6.68. The number of benzene rings is 3. The molecule has 0 saturated heterocycles. The van der Waals surface area contributed by atoms with Gasteiger partial charge in [-0.2, -0.15) is 0 Å². The van der Waals surface area contributed by atoms with Crippen LogP contribution in [0, 0.1) is 17.9 Å². The minimum atomic E-state index is -0.206. The second-order valence-corrected chi connectivity index (χ2v) is 8.45. The molecule has 2 atom stereocenters. The molecule has 0 bridgehead atoms. The third kappa shape index (κ3) is 4.44. The monoisotopic (exact) mass is 589 g/mol. The fraction of sp³-hybridized carbons (Fsp3) is 0.296. The van der Waals surface area contributed by atoms with Gasteiger partial charge in [-0.25, -0.2) is 0 Å². The van der Waals surface area contributed by atoms with Crippen LogP contribution in [-0.4, -0.2) is 27.4 Å². The van der Waals surface area contributed by atoms with Gasteiger partial charge in [-0.15, -0.1) is 35.9 Å². The van der Waals surface area contributed by atoms with Crippen LogP contribution in [0.1, 0.15) is 25.7 Å². The van der Waals surface area contributed by atoms with E-state index in [1.165, 1.54) is 16.2 Å². The average molecular weight is 589 g/mol. The van der Waals surface area contributed by atoms with Crippen LogP contribution in [0.4, 0.5) is 0 Å². The Morgan fingerprint density at radius 2 is 1.48 bits per heavy atom. The molecule has 4 heteroatoms. The number of hydrogen-bond acceptors (Lipinski definition) is 3. The zero-order chi connectivity index (χ0) is 20.5. The summed E-state index contributed by atoms with van der Waals surface area (Å²) in [6.07, 6.45) is 3.66. The van der Waals surface area contributed by atoms with Gasteiger partial charge in [-0.05, 0) is 54.1 Å². The van der Waals surface area contributed by atoms with Gasteiger partial charge >= 0.3 is 0 Å². The Bertz CT molecular complexity index is 1150. The first-order valence-electron chi connectivity index (χ1n) is 10.8. The summed E-state index contributed by atoms with van der Waals surface area (Å²) in [6.45, 7) is 0. The zero-order valence-corrected chi connectivity index (χ0v) is 19.6. The van der Waals surface area contributed by atoms with Crippen LogP contribution in [0.15, 0.2) is 72.8 Å². The van der Waals surface area contributed by atoms with E-state index in [1.807, 2.05) is 24.3 Å². The fourth-order valence-corrected chi connectivity index (χ4v) is 5.16. The standard InChI is InChI=1S/C19H12N.C8H14O2.Ir/c1-2-7-15(8-3-1)18-13-11-17-16-9-5-4-6-14(16)10-12-19(17)20-18;9-6-3-1-5-2-4-7(10)8(5)6;/h1-7,9-13H;5-10H,1-4H2;/q-1;;. The van der Waals surface area contributed by atoms with Crippen molar-refractivity contribution >= 4 is 21.7 Å². The van der Waals surface area contributed by atoms with Crippen LogP contribution in [0.5, 0.6) is 0 Å². The van der Waals surface area contributed by atoms with E-state index < -0.39 is 0 Å². The molecular formula is C27H26IrNO2-. The SMILES string of the molecule is OC1CCC2CCC(O)C12.[Ir].[c-]1ccccc1-c1ccc2c(ccc3ccccc32)n1. The summed E-state index contributed by atoms with van der Waals surface area (Å²) < 4.78 is 0. The number of aromatic nitrogens is 1. The Morgan fingerprint density at radius 1 is 0.742 bits per heavy atom. The Morgan fingerprint density at radius 3 is 2.19 bits per heavy atom. The first kappa shape index (κ1) is 22.1. The van der Waals surface area contributed by atoms with Crippen molar-refractivity contribution in [2.24, 2.45) is 11.8 Å². The number of nitrogens with zero attached hydrogens (tertiary/aromatic N) is 1. The summed E-state index contributed by atoms with van der Waals surface area (Å²) in [7, 11) is 0. The molecule has 4 aromatic rings. The molecule has 3 aromatic carbocycles. The van der Waals surface area contributed by atoms with Crippen molar-refractivity contribution in [1.29, 1.82) is 0 Å². The average Bonchev–Trinajstić information content (AvgIpc) is 3.37. The summed E-state index contributed by atoms with van der Waals surface area (Å²) in [6, 6.07) is 28.0. The quantitative estimate of drug-likeness (QED) is 0.232. The molecule has 2 aliphatic rings. The molecule has 2 unspecified atom stereocenters. The second kappa shape index (κ2) is 9.58. The van der Waals surface area contributed by atoms with E-state index in [0.717, 1.165) is 42.5 Å². The summed E-state index contributed by atoms with van der Waals surface area (Å²) >= 11 is 0. The normalized spacial score (nSPS) is 24.3. The topological polar surface area (TPSA) is 53.4 Å². The van der Waals surface area contributed by atoms with E-state index in [2.05, 4.69) is 54.6 Å². The molecule has 31 heavy (non-hydrogen) atoms. The number of aliphatic hydroxyl groups excluding tert-OH is 2. The van der Waals surface area contributed by atoms with E-state index in [1.54, 1.807) is 0 Å². The Balaban J connectivity index is 0.000000178. The summed E-state index contributed by atoms with van der Waals surface area (Å²) in [5, 5.41) is 22.5. The van der Waals surface area contributed by atoms with Crippen molar-refractivity contribution in [1.82, 2.24) is 4.98 Å². The van der Waals surface area contributed by atoms with Gasteiger partial charge in [-0.3, -0.25) is 4.98 Å². The van der Waals surface area contributed by atoms with Gasteiger partial charge in [0.1, 0.15) is 0 Å². The van der Waals surface area contributed by atoms with Gasteiger partial charge in [0, 0.05) is 31.4 Å². The molecule has 2 saturated carbocycles. The van der Waals surface area contributed by atoms with Gasteiger partial charge in [-0.1, -0.05) is 42.5 Å². The maximum absolute atomic E-state index is 9.41. The Kier molecular flexibility index (Phi) is 6.83. The van der Waals surface area contributed by atoms with Crippen LogP contribution in [0.2, 0.25) is 0 Å². The molecule has 0 amide bonds. The van der Waals surface area contributed by atoms with Crippen molar-refractivity contribution in [2.75, 3.05) is 0 Å². The van der Waals surface area contributed by atoms with Gasteiger partial charge < -0.3 is 10.2 Å². The maximum Gasteiger partial charge on any atom is 0.0601 e. The molecule has 1 radical (unpaired) electrons. The molecule has 2 N–H and O–H groups in total. The Labute approximate surface area is 196 Å². The molecule has 1 aromatic heterocycles. The van der Waals surface area contributed by atoms with Crippen LogP contribution in [-0.2, 0) is 20.1 Å². The summed E-state index contributed by atoms with van der Waals surface area (Å²) in [5.41, 5.74) is 3.02. The number of pyridine rings is 1. The van der Waals surface area contributed by atoms with E-state index in [0.29, 0.717) is 5.92 Å². The van der Waals surface area contributed by atoms with Crippen LogP contribution >= 0.6 is 0 Å². The second-order valence-electron chi connectivity index (χ2n) is 8.45. The zero-order valence-electron chi connectivity index (χ0n) is 17.2. The van der Waals surface area contributed by atoms with E-state index in [9.17, 15) is 10.2 Å². The summed E-state index contributed by atoms with van der Waals surface area (Å²) in [5.74, 6) is 0.852. The number of hydrogen-bond donors (Lipinski definition) is 2. The molecule has 0 aliphatic heterocycles. The number of rotatable bonds is 1. The van der Waals surface area contributed by atoms with E-state index in [-0.39, 0.29) is 38.2 Å². The fourth-order valence-electron chi connectivity index (χ4n) is 5.16. The minimum Gasteiger partial charge on any atom is -0.393 e. The first-order valence-corrected chi connectivity index (χ1v) is 10.8. The van der Waals surface area contributed by atoms with Crippen molar-refractivity contribution in [3.05, 3.63) is 78.9 Å². The molecule has 161 valence electrons. The predicted molar refractivity (Wildman–Crippen MR) is 121 cm³/mol. The van der Waals surface area contributed by atoms with Crippen molar-refractivity contribution in [2.45, 2.75) is 37.9 Å². The molecule has 0 spiro atoms. The third-order valence-electron chi connectivity index (χ3n) is 6.68. The largest absolute Gasteiger partial charge is 0.393 e. The van der Waals surface area contributed by atoms with Crippen molar-refractivity contribution in [3.8, 4) is 11.3 Å². The molecule has 3 nitrogen and oxygen atoms in total. The minimum absolute atomic E-state index is 0. The van der Waals surface area contributed by atoms with Gasteiger partial charge in [0.05, 0.1) is 17.7 Å². The molecule has 2 aliphatic carbocycles. The Hall–Kier alpha value is -2.10. The van der Waals surface area contributed by atoms with Gasteiger partial charge in [0.2, 0.25) is 0 Å². The van der Waals surface area contributed by atoms with Crippen LogP contribution in [0.3, 0.4) is 0 Å². The van der Waals surface area contributed by atoms with E-state index in [4.69, 9.17) is 4.98 Å². The maximum atomic E-state index is 9.41. The molecule has 2 fully saturated rings. The van der Waals surface area contributed by atoms with Crippen molar-refractivity contribution < 1.29 is 30.3 Å². The van der Waals surface area contributed by atoms with Crippen molar-refractivity contribution in [3.63, 3.8) is 0 Å². The first-order chi connectivity index (χ1) is 14.7. The van der Waals surface area contributed by atoms with Crippen LogP contribution < -0.4 is 0 Å². The number of aliphatic hydroxyl groups is 2. The molecule has 6 rings (SSSR count). The van der Waals surface area contributed by atoms with Gasteiger partial charge in [0.15, 0.2) is 0 Å². The summed E-state index contributed by atoms with van der Waals surface area (Å²) in [4.78, 5) is 4.76. The molecule has 1 heterocycles. The molecular weight excluding hydrogens is 563 g/mol. The van der Waals surface area contributed by atoms with Gasteiger partial charge in [0.25, 0.3) is 0 Å². The number of fused-ring (bicyclic) bond motifs is 4. The predicted octanol–water partition coefficient (Wildman–Crippen LogP) is 5.38. The smallest absolute Gasteiger partial charge is 0.0601 e. The van der Waals surface area contributed by atoms with Crippen LogP contribution in [0.25, 0.3) is 32.9 Å². The van der Waals surface area contributed by atoms with E-state index >= 15 is 0 Å².